The third-order valence-corrected chi connectivity index (χ3v) is 3.39. The van der Waals surface area contributed by atoms with E-state index in [0.717, 1.165) is 30.2 Å². The third-order valence-electron chi connectivity index (χ3n) is 3.39. The Morgan fingerprint density at radius 2 is 2.28 bits per heavy atom. The number of benzene rings is 1. The number of hydrogen-bond donors (Lipinski definition) is 3. The van der Waals surface area contributed by atoms with Crippen LogP contribution >= 0.6 is 0 Å². The van der Waals surface area contributed by atoms with Crippen molar-refractivity contribution in [3.63, 3.8) is 0 Å². The highest BCUT2D eigenvalue weighted by Gasteiger charge is 2.28. The lowest BCUT2D eigenvalue weighted by Crippen LogP contribution is -2.26. The van der Waals surface area contributed by atoms with Gasteiger partial charge in [-0.1, -0.05) is 0 Å². The highest BCUT2D eigenvalue weighted by molar-refractivity contribution is 5.84. The van der Waals surface area contributed by atoms with Crippen LogP contribution in [0.5, 0.6) is 5.75 Å². The molecule has 1 aromatic heterocycles. The van der Waals surface area contributed by atoms with E-state index in [1.54, 1.807) is 12.1 Å². The SMILES string of the molecule is O=C(NCCc1c[nH]c2cc(O)ccc12)C1CC1. The minimum Gasteiger partial charge on any atom is -0.508 e. The summed E-state index contributed by atoms with van der Waals surface area (Å²) in [5.74, 6) is 0.718. The number of carbonyl (C=O) groups excluding carboxylic acids is 1. The molecule has 0 saturated heterocycles. The van der Waals surface area contributed by atoms with Gasteiger partial charge in [-0.15, -0.1) is 0 Å². The minimum atomic E-state index is 0.187. The van der Waals surface area contributed by atoms with Crippen LogP contribution in [0.4, 0.5) is 0 Å². The van der Waals surface area contributed by atoms with Crippen LogP contribution in [0, 0.1) is 5.92 Å². The van der Waals surface area contributed by atoms with Crippen molar-refractivity contribution in [2.75, 3.05) is 6.54 Å². The second-order valence-electron chi connectivity index (χ2n) is 4.86. The molecule has 4 nitrogen and oxygen atoms in total. The number of rotatable bonds is 4. The lowest BCUT2D eigenvalue weighted by atomic mass is 10.1. The second-order valence-corrected chi connectivity index (χ2v) is 4.86. The summed E-state index contributed by atoms with van der Waals surface area (Å²) in [7, 11) is 0. The van der Waals surface area contributed by atoms with Crippen LogP contribution < -0.4 is 5.32 Å². The van der Waals surface area contributed by atoms with Crippen LogP contribution in [0.3, 0.4) is 0 Å². The largest absolute Gasteiger partial charge is 0.508 e. The molecule has 1 amide bonds. The summed E-state index contributed by atoms with van der Waals surface area (Å²) in [6.45, 7) is 0.670. The lowest BCUT2D eigenvalue weighted by molar-refractivity contribution is -0.122. The number of phenolic OH excluding ortho intramolecular Hbond substituents is 1. The Hall–Kier alpha value is -1.97. The number of aromatic amines is 1. The Labute approximate surface area is 105 Å². The molecule has 1 aliphatic carbocycles. The van der Waals surface area contributed by atoms with E-state index in [-0.39, 0.29) is 17.6 Å². The average molecular weight is 244 g/mol. The predicted octanol–water partition coefficient (Wildman–Crippen LogP) is 1.94. The quantitative estimate of drug-likeness (QED) is 0.769. The predicted molar refractivity (Wildman–Crippen MR) is 69.4 cm³/mol. The molecule has 94 valence electrons. The zero-order chi connectivity index (χ0) is 12.5. The van der Waals surface area contributed by atoms with Crippen LogP contribution in [0.15, 0.2) is 24.4 Å². The van der Waals surface area contributed by atoms with Crippen LogP contribution in [0.1, 0.15) is 18.4 Å². The number of carbonyl (C=O) groups is 1. The summed E-state index contributed by atoms with van der Waals surface area (Å²) >= 11 is 0. The Balaban J connectivity index is 1.65. The first-order valence-electron chi connectivity index (χ1n) is 6.31. The highest BCUT2D eigenvalue weighted by atomic mass is 16.3. The van der Waals surface area contributed by atoms with Gasteiger partial charge in [0.05, 0.1) is 0 Å². The van der Waals surface area contributed by atoms with Crippen molar-refractivity contribution in [1.82, 2.24) is 10.3 Å². The molecule has 0 unspecified atom stereocenters. The number of aromatic nitrogens is 1. The van der Waals surface area contributed by atoms with Crippen molar-refractivity contribution in [3.8, 4) is 5.75 Å². The van der Waals surface area contributed by atoms with Gasteiger partial charge in [0, 0.05) is 35.6 Å². The molecule has 0 radical (unpaired) electrons. The fourth-order valence-electron chi connectivity index (χ4n) is 2.19. The van der Waals surface area contributed by atoms with Gasteiger partial charge in [0.2, 0.25) is 5.91 Å². The normalized spacial score (nSPS) is 14.9. The molecule has 1 heterocycles. The summed E-state index contributed by atoms with van der Waals surface area (Å²) in [5, 5.41) is 13.4. The smallest absolute Gasteiger partial charge is 0.223 e. The van der Waals surface area contributed by atoms with Gasteiger partial charge in [0.15, 0.2) is 0 Å². The van der Waals surface area contributed by atoms with E-state index in [1.807, 2.05) is 12.3 Å². The number of nitrogens with one attached hydrogen (secondary N) is 2. The van der Waals surface area contributed by atoms with Gasteiger partial charge in [-0.05, 0) is 37.0 Å². The first-order valence-corrected chi connectivity index (χ1v) is 6.31. The van der Waals surface area contributed by atoms with Gasteiger partial charge in [-0.3, -0.25) is 4.79 Å². The zero-order valence-corrected chi connectivity index (χ0v) is 10.1. The molecule has 1 fully saturated rings. The molecular weight excluding hydrogens is 228 g/mol. The van der Waals surface area contributed by atoms with Crippen molar-refractivity contribution in [2.24, 2.45) is 5.92 Å². The number of aromatic hydroxyl groups is 1. The van der Waals surface area contributed by atoms with Gasteiger partial charge in [0.1, 0.15) is 5.75 Å². The van der Waals surface area contributed by atoms with Gasteiger partial charge in [-0.2, -0.15) is 0 Å². The van der Waals surface area contributed by atoms with Crippen molar-refractivity contribution in [2.45, 2.75) is 19.3 Å². The maximum Gasteiger partial charge on any atom is 0.223 e. The van der Waals surface area contributed by atoms with Crippen LogP contribution in [-0.4, -0.2) is 22.5 Å². The molecule has 18 heavy (non-hydrogen) atoms. The van der Waals surface area contributed by atoms with E-state index < -0.39 is 0 Å². The maximum atomic E-state index is 11.5. The van der Waals surface area contributed by atoms with E-state index in [2.05, 4.69) is 10.3 Å². The second kappa shape index (κ2) is 4.37. The average Bonchev–Trinajstić information content (AvgIpc) is 3.13. The molecule has 1 aromatic carbocycles. The van der Waals surface area contributed by atoms with Gasteiger partial charge < -0.3 is 15.4 Å². The maximum absolute atomic E-state index is 11.5. The third kappa shape index (κ3) is 2.18. The van der Waals surface area contributed by atoms with E-state index in [0.29, 0.717) is 6.54 Å². The van der Waals surface area contributed by atoms with Crippen LogP contribution in [0.2, 0.25) is 0 Å². The van der Waals surface area contributed by atoms with E-state index in [4.69, 9.17) is 0 Å². The fourth-order valence-corrected chi connectivity index (χ4v) is 2.19. The number of H-pyrrole nitrogens is 1. The lowest BCUT2D eigenvalue weighted by Gasteiger charge is -2.03. The Kier molecular flexibility index (Phi) is 2.70. The van der Waals surface area contributed by atoms with Crippen molar-refractivity contribution in [1.29, 1.82) is 0 Å². The topological polar surface area (TPSA) is 65.1 Å². The summed E-state index contributed by atoms with van der Waals surface area (Å²) in [6, 6.07) is 5.29. The van der Waals surface area contributed by atoms with Crippen molar-refractivity contribution in [3.05, 3.63) is 30.0 Å². The minimum absolute atomic E-state index is 0.187. The fraction of sp³-hybridized carbons (Fsp3) is 0.357. The number of hydrogen-bond acceptors (Lipinski definition) is 2. The van der Waals surface area contributed by atoms with Gasteiger partial charge in [0.25, 0.3) is 0 Å². The molecule has 2 aromatic rings. The Morgan fingerprint density at radius 3 is 3.06 bits per heavy atom. The first kappa shape index (κ1) is 11.1. The molecule has 1 aliphatic rings. The first-order chi connectivity index (χ1) is 8.74. The highest BCUT2D eigenvalue weighted by Crippen LogP contribution is 2.28. The van der Waals surface area contributed by atoms with Gasteiger partial charge in [-0.25, -0.2) is 0 Å². The Morgan fingerprint density at radius 1 is 1.44 bits per heavy atom. The summed E-state index contributed by atoms with van der Waals surface area (Å²) in [6.07, 6.45) is 4.83. The molecule has 0 aliphatic heterocycles. The molecule has 3 rings (SSSR count). The van der Waals surface area contributed by atoms with E-state index in [9.17, 15) is 9.90 Å². The van der Waals surface area contributed by atoms with Crippen molar-refractivity contribution >= 4 is 16.8 Å². The molecule has 4 heteroatoms. The zero-order valence-electron chi connectivity index (χ0n) is 10.1. The molecular formula is C14H16N2O2. The number of phenols is 1. The van der Waals surface area contributed by atoms with Gasteiger partial charge >= 0.3 is 0 Å². The standard InChI is InChI=1S/C14H16N2O2/c17-11-3-4-12-10(8-16-13(12)7-11)5-6-15-14(18)9-1-2-9/h3-4,7-9,16-17H,1-2,5-6H2,(H,15,18). The molecule has 0 bridgehead atoms. The summed E-state index contributed by atoms with van der Waals surface area (Å²) in [5.41, 5.74) is 2.10. The summed E-state index contributed by atoms with van der Waals surface area (Å²) < 4.78 is 0. The van der Waals surface area contributed by atoms with Crippen molar-refractivity contribution < 1.29 is 9.90 Å². The van der Waals surface area contributed by atoms with E-state index in [1.165, 1.54) is 5.56 Å². The summed E-state index contributed by atoms with van der Waals surface area (Å²) in [4.78, 5) is 14.6. The number of fused-ring (bicyclic) bond motifs is 1. The van der Waals surface area contributed by atoms with Crippen LogP contribution in [-0.2, 0) is 11.2 Å². The number of amides is 1. The Bertz CT molecular complexity index is 584. The van der Waals surface area contributed by atoms with E-state index >= 15 is 0 Å². The molecule has 0 atom stereocenters. The molecule has 0 spiro atoms. The van der Waals surface area contributed by atoms with Crippen LogP contribution in [0.25, 0.3) is 10.9 Å². The monoisotopic (exact) mass is 244 g/mol. The molecule has 3 N–H and O–H groups in total. The molecule has 1 saturated carbocycles.